The number of hydrogen-bond donors (Lipinski definition) is 2. The molecule has 3 heteroatoms. The van der Waals surface area contributed by atoms with Crippen molar-refractivity contribution in [2.45, 2.75) is 69.4 Å². The van der Waals surface area contributed by atoms with Crippen LogP contribution in [0.4, 0.5) is 0 Å². The maximum Gasteiger partial charge on any atom is 0.223 e. The monoisotopic (exact) mass is 300 g/mol. The molecule has 1 amide bonds. The highest BCUT2D eigenvalue weighted by atomic mass is 16.1. The van der Waals surface area contributed by atoms with E-state index in [1.165, 1.54) is 5.56 Å². The van der Waals surface area contributed by atoms with Crippen LogP contribution in [0.1, 0.15) is 62.8 Å². The van der Waals surface area contributed by atoms with Crippen molar-refractivity contribution < 1.29 is 4.79 Å². The first-order valence-corrected chi connectivity index (χ1v) is 8.83. The Hall–Kier alpha value is -1.35. The fraction of sp³-hybridized carbons (Fsp3) is 0.632. The largest absolute Gasteiger partial charge is 0.353 e. The van der Waals surface area contributed by atoms with Crippen molar-refractivity contribution in [2.24, 2.45) is 11.7 Å². The number of benzene rings is 1. The molecule has 0 atom stereocenters. The van der Waals surface area contributed by atoms with E-state index in [1.807, 2.05) is 0 Å². The predicted octanol–water partition coefficient (Wildman–Crippen LogP) is 3.35. The minimum absolute atomic E-state index is 0.218. The second-order valence-corrected chi connectivity index (χ2v) is 7.08. The molecule has 0 aliphatic heterocycles. The maximum absolute atomic E-state index is 12.4. The first-order chi connectivity index (χ1) is 10.7. The summed E-state index contributed by atoms with van der Waals surface area (Å²) in [7, 11) is 0. The lowest BCUT2D eigenvalue weighted by Gasteiger charge is -2.31. The van der Waals surface area contributed by atoms with E-state index in [1.54, 1.807) is 0 Å². The second kappa shape index (κ2) is 7.28. The minimum atomic E-state index is 0.218. The van der Waals surface area contributed by atoms with Crippen molar-refractivity contribution in [3.8, 4) is 0 Å². The Balaban J connectivity index is 1.46. The lowest BCUT2D eigenvalue weighted by atomic mass is 9.78. The Morgan fingerprint density at radius 3 is 2.18 bits per heavy atom. The Labute approximate surface area is 133 Å². The SMILES string of the molecule is NC1CCC(NC(=O)C2CCC(c3ccccc3)CC2)CC1. The van der Waals surface area contributed by atoms with Gasteiger partial charge in [-0.3, -0.25) is 4.79 Å². The van der Waals surface area contributed by atoms with E-state index in [-0.39, 0.29) is 11.8 Å². The number of rotatable bonds is 3. The fourth-order valence-corrected chi connectivity index (χ4v) is 4.00. The molecule has 2 saturated carbocycles. The first-order valence-electron chi connectivity index (χ1n) is 8.83. The fourth-order valence-electron chi connectivity index (χ4n) is 4.00. The summed E-state index contributed by atoms with van der Waals surface area (Å²) in [6.07, 6.45) is 8.51. The van der Waals surface area contributed by atoms with Crippen molar-refractivity contribution in [1.29, 1.82) is 0 Å². The lowest BCUT2D eigenvalue weighted by molar-refractivity contribution is -0.127. The maximum atomic E-state index is 12.4. The lowest BCUT2D eigenvalue weighted by Crippen LogP contribution is -2.43. The molecule has 0 saturated heterocycles. The van der Waals surface area contributed by atoms with Crippen LogP contribution in [0.2, 0.25) is 0 Å². The standard InChI is InChI=1S/C19H28N2O/c20-17-10-12-18(13-11-17)21-19(22)16-8-6-15(7-9-16)14-4-2-1-3-5-14/h1-5,15-18H,6-13,20H2,(H,21,22). The zero-order chi connectivity index (χ0) is 15.4. The van der Waals surface area contributed by atoms with Gasteiger partial charge in [-0.1, -0.05) is 30.3 Å². The number of nitrogens with two attached hydrogens (primary N) is 1. The summed E-state index contributed by atoms with van der Waals surface area (Å²) in [4.78, 5) is 12.4. The van der Waals surface area contributed by atoms with Gasteiger partial charge < -0.3 is 11.1 Å². The average Bonchev–Trinajstić information content (AvgIpc) is 2.58. The predicted molar refractivity (Wildman–Crippen MR) is 89.5 cm³/mol. The van der Waals surface area contributed by atoms with E-state index in [0.717, 1.165) is 51.4 Å². The number of nitrogens with one attached hydrogen (secondary N) is 1. The van der Waals surface area contributed by atoms with Crippen molar-refractivity contribution >= 4 is 5.91 Å². The normalized spacial score (nSPS) is 32.4. The van der Waals surface area contributed by atoms with Crippen molar-refractivity contribution in [3.05, 3.63) is 35.9 Å². The first kappa shape index (κ1) is 15.5. The van der Waals surface area contributed by atoms with E-state index in [2.05, 4.69) is 35.6 Å². The number of hydrogen-bond acceptors (Lipinski definition) is 2. The summed E-state index contributed by atoms with van der Waals surface area (Å²) in [5.41, 5.74) is 7.36. The van der Waals surface area contributed by atoms with Gasteiger partial charge in [0.1, 0.15) is 0 Å². The van der Waals surface area contributed by atoms with E-state index in [9.17, 15) is 4.79 Å². The Kier molecular flexibility index (Phi) is 5.14. The summed E-state index contributed by atoms with van der Waals surface area (Å²) in [5, 5.41) is 3.27. The minimum Gasteiger partial charge on any atom is -0.353 e. The van der Waals surface area contributed by atoms with Crippen LogP contribution >= 0.6 is 0 Å². The third-order valence-corrected chi connectivity index (χ3v) is 5.49. The molecule has 1 aromatic carbocycles. The van der Waals surface area contributed by atoms with E-state index in [4.69, 9.17) is 5.73 Å². The van der Waals surface area contributed by atoms with E-state index >= 15 is 0 Å². The Morgan fingerprint density at radius 1 is 0.909 bits per heavy atom. The number of carbonyl (C=O) groups is 1. The smallest absolute Gasteiger partial charge is 0.223 e. The average molecular weight is 300 g/mol. The topological polar surface area (TPSA) is 55.1 Å². The third kappa shape index (κ3) is 3.89. The molecule has 2 fully saturated rings. The molecule has 0 heterocycles. The molecule has 2 aliphatic rings. The molecule has 3 N–H and O–H groups in total. The van der Waals surface area contributed by atoms with Gasteiger partial charge in [0.15, 0.2) is 0 Å². The van der Waals surface area contributed by atoms with Crippen LogP contribution in [0.15, 0.2) is 30.3 Å². The van der Waals surface area contributed by atoms with Crippen LogP contribution in [-0.2, 0) is 4.79 Å². The molecule has 3 nitrogen and oxygen atoms in total. The van der Waals surface area contributed by atoms with Gasteiger partial charge in [-0.05, 0) is 62.8 Å². The molecule has 0 unspecified atom stereocenters. The summed E-state index contributed by atoms with van der Waals surface area (Å²) in [6.45, 7) is 0. The van der Waals surface area contributed by atoms with E-state index < -0.39 is 0 Å². The van der Waals surface area contributed by atoms with Crippen LogP contribution in [0.5, 0.6) is 0 Å². The third-order valence-electron chi connectivity index (χ3n) is 5.49. The molecule has 1 aromatic rings. The summed E-state index contributed by atoms with van der Waals surface area (Å²) in [5.74, 6) is 1.14. The van der Waals surface area contributed by atoms with Crippen LogP contribution in [0, 0.1) is 5.92 Å². The van der Waals surface area contributed by atoms with Gasteiger partial charge in [-0.15, -0.1) is 0 Å². The molecule has 0 spiro atoms. The molecule has 0 aromatic heterocycles. The molecule has 22 heavy (non-hydrogen) atoms. The van der Waals surface area contributed by atoms with Crippen LogP contribution in [0.3, 0.4) is 0 Å². The zero-order valence-corrected chi connectivity index (χ0v) is 13.3. The Bertz CT molecular complexity index is 471. The van der Waals surface area contributed by atoms with Gasteiger partial charge in [0, 0.05) is 18.0 Å². The summed E-state index contributed by atoms with van der Waals surface area (Å²) >= 11 is 0. The second-order valence-electron chi connectivity index (χ2n) is 7.08. The highest BCUT2D eigenvalue weighted by molar-refractivity contribution is 5.79. The van der Waals surface area contributed by atoms with Gasteiger partial charge in [0.25, 0.3) is 0 Å². The number of amides is 1. The highest BCUT2D eigenvalue weighted by Gasteiger charge is 2.29. The Morgan fingerprint density at radius 2 is 1.55 bits per heavy atom. The molecular weight excluding hydrogens is 272 g/mol. The molecule has 120 valence electrons. The summed E-state index contributed by atoms with van der Waals surface area (Å²) < 4.78 is 0. The quantitative estimate of drug-likeness (QED) is 0.899. The molecule has 2 aliphatic carbocycles. The van der Waals surface area contributed by atoms with Gasteiger partial charge in [0.2, 0.25) is 5.91 Å². The van der Waals surface area contributed by atoms with Gasteiger partial charge in [-0.2, -0.15) is 0 Å². The highest BCUT2D eigenvalue weighted by Crippen LogP contribution is 2.35. The summed E-state index contributed by atoms with van der Waals surface area (Å²) in [6, 6.07) is 11.4. The number of carbonyl (C=O) groups excluding carboxylic acids is 1. The van der Waals surface area contributed by atoms with Gasteiger partial charge in [-0.25, -0.2) is 0 Å². The van der Waals surface area contributed by atoms with Crippen LogP contribution in [-0.4, -0.2) is 18.0 Å². The van der Waals surface area contributed by atoms with Crippen molar-refractivity contribution in [3.63, 3.8) is 0 Å². The zero-order valence-electron chi connectivity index (χ0n) is 13.3. The van der Waals surface area contributed by atoms with Gasteiger partial charge >= 0.3 is 0 Å². The van der Waals surface area contributed by atoms with Crippen LogP contribution in [0.25, 0.3) is 0 Å². The van der Waals surface area contributed by atoms with E-state index in [0.29, 0.717) is 18.0 Å². The molecule has 0 bridgehead atoms. The van der Waals surface area contributed by atoms with Gasteiger partial charge in [0.05, 0.1) is 0 Å². The molecular formula is C19H28N2O. The van der Waals surface area contributed by atoms with Crippen molar-refractivity contribution in [1.82, 2.24) is 5.32 Å². The van der Waals surface area contributed by atoms with Crippen molar-refractivity contribution in [2.75, 3.05) is 0 Å². The molecule has 0 radical (unpaired) electrons. The van der Waals surface area contributed by atoms with Crippen LogP contribution < -0.4 is 11.1 Å². The molecule has 3 rings (SSSR count).